The summed E-state index contributed by atoms with van der Waals surface area (Å²) in [6, 6.07) is 4.91. The van der Waals surface area contributed by atoms with Gasteiger partial charge in [0.05, 0.1) is 11.5 Å². The molecule has 0 unspecified atom stereocenters. The fourth-order valence-electron chi connectivity index (χ4n) is 2.98. The number of benzene rings is 1. The number of carbonyl (C=O) groups is 1. The van der Waals surface area contributed by atoms with Crippen molar-refractivity contribution in [3.63, 3.8) is 0 Å². The van der Waals surface area contributed by atoms with Crippen molar-refractivity contribution in [3.8, 4) is 0 Å². The molecular weight excluding hydrogens is 365 g/mol. The largest absolute Gasteiger partial charge is 0.380 e. The van der Waals surface area contributed by atoms with Crippen LogP contribution in [0.5, 0.6) is 0 Å². The lowest BCUT2D eigenvalue weighted by Gasteiger charge is -2.27. The number of rotatable bonds is 6. The van der Waals surface area contributed by atoms with Crippen molar-refractivity contribution in [2.45, 2.75) is 6.61 Å². The van der Waals surface area contributed by atoms with Gasteiger partial charge in [-0.2, -0.15) is 0 Å². The van der Waals surface area contributed by atoms with Crippen LogP contribution in [-0.4, -0.2) is 57.2 Å². The minimum Gasteiger partial charge on any atom is -0.380 e. The minimum absolute atomic E-state index is 0. The van der Waals surface area contributed by atoms with Crippen molar-refractivity contribution in [1.82, 2.24) is 15.5 Å². The molecule has 1 saturated heterocycles. The van der Waals surface area contributed by atoms with Crippen LogP contribution in [0.4, 0.5) is 4.39 Å². The van der Waals surface area contributed by atoms with Crippen molar-refractivity contribution in [2.75, 3.05) is 46.4 Å². The first-order valence-electron chi connectivity index (χ1n) is 8.11. The Bertz CT molecular complexity index is 719. The van der Waals surface area contributed by atoms with E-state index < -0.39 is 0 Å². The molecule has 2 heterocycles. The summed E-state index contributed by atoms with van der Waals surface area (Å²) in [5.41, 5.74) is 0.635. The second-order valence-corrected chi connectivity index (χ2v) is 6.86. The summed E-state index contributed by atoms with van der Waals surface area (Å²) in [6.07, 6.45) is 0. The molecule has 25 heavy (non-hydrogen) atoms. The summed E-state index contributed by atoms with van der Waals surface area (Å²) >= 11 is 1.32. The number of carbonyl (C=O) groups excluding carboxylic acids is 1. The number of halogens is 2. The van der Waals surface area contributed by atoms with E-state index in [1.807, 2.05) is 6.07 Å². The van der Waals surface area contributed by atoms with Crippen LogP contribution in [0.1, 0.15) is 15.2 Å². The summed E-state index contributed by atoms with van der Waals surface area (Å²) in [7, 11) is 1.55. The van der Waals surface area contributed by atoms with E-state index in [9.17, 15) is 9.18 Å². The molecule has 0 atom stereocenters. The summed E-state index contributed by atoms with van der Waals surface area (Å²) in [5.74, 6) is -0.464. The predicted molar refractivity (Wildman–Crippen MR) is 101 cm³/mol. The quantitative estimate of drug-likeness (QED) is 0.798. The van der Waals surface area contributed by atoms with Gasteiger partial charge in [-0.05, 0) is 12.1 Å². The van der Waals surface area contributed by atoms with E-state index in [-0.39, 0.29) is 30.7 Å². The van der Waals surface area contributed by atoms with Gasteiger partial charge in [-0.3, -0.25) is 9.69 Å². The molecule has 138 valence electrons. The molecule has 1 amide bonds. The van der Waals surface area contributed by atoms with Crippen molar-refractivity contribution < 1.29 is 13.9 Å². The van der Waals surface area contributed by atoms with E-state index in [0.717, 1.165) is 37.4 Å². The molecular formula is C17H23ClFN3O2S. The molecule has 1 aromatic carbocycles. The van der Waals surface area contributed by atoms with Crippen LogP contribution in [0.2, 0.25) is 0 Å². The Labute approximate surface area is 156 Å². The Morgan fingerprint density at radius 2 is 2.16 bits per heavy atom. The Balaban J connectivity index is 0.00000225. The molecule has 2 aromatic rings. The number of hydrogen-bond donors (Lipinski definition) is 2. The molecule has 3 rings (SSSR count). The second kappa shape index (κ2) is 9.45. The summed E-state index contributed by atoms with van der Waals surface area (Å²) in [6.45, 7) is 5.61. The van der Waals surface area contributed by atoms with E-state index in [1.54, 1.807) is 13.2 Å². The van der Waals surface area contributed by atoms with Gasteiger partial charge in [0, 0.05) is 62.0 Å². The van der Waals surface area contributed by atoms with E-state index in [2.05, 4.69) is 15.5 Å². The van der Waals surface area contributed by atoms with Crippen molar-refractivity contribution in [3.05, 3.63) is 34.5 Å². The average molecular weight is 388 g/mol. The van der Waals surface area contributed by atoms with Crippen LogP contribution in [0.25, 0.3) is 10.1 Å². The highest BCUT2D eigenvalue weighted by molar-refractivity contribution is 7.21. The smallest absolute Gasteiger partial charge is 0.261 e. The Hall–Kier alpha value is -1.25. The third kappa shape index (κ3) is 4.68. The first-order chi connectivity index (χ1) is 11.7. The Kier molecular flexibility index (Phi) is 7.58. The molecule has 0 radical (unpaired) electrons. The van der Waals surface area contributed by atoms with Crippen LogP contribution in [0, 0.1) is 5.82 Å². The van der Waals surface area contributed by atoms with Gasteiger partial charge in [0.1, 0.15) is 5.82 Å². The summed E-state index contributed by atoms with van der Waals surface area (Å²) in [4.78, 5) is 15.4. The maximum Gasteiger partial charge on any atom is 0.261 e. The van der Waals surface area contributed by atoms with Crippen molar-refractivity contribution in [1.29, 1.82) is 0 Å². The predicted octanol–water partition coefficient (Wildman–Crippen LogP) is 2.24. The molecule has 0 bridgehead atoms. The maximum absolute atomic E-state index is 14.1. The fourth-order valence-corrected chi connectivity index (χ4v) is 4.11. The van der Waals surface area contributed by atoms with Gasteiger partial charge in [-0.25, -0.2) is 4.39 Å². The first kappa shape index (κ1) is 20.1. The normalized spacial score (nSPS) is 15.1. The number of methoxy groups -OCH3 is 1. The topological polar surface area (TPSA) is 53.6 Å². The van der Waals surface area contributed by atoms with Gasteiger partial charge >= 0.3 is 0 Å². The van der Waals surface area contributed by atoms with Crippen molar-refractivity contribution >= 4 is 39.7 Å². The molecule has 2 N–H and O–H groups in total. The monoisotopic (exact) mass is 387 g/mol. The molecule has 0 aliphatic carbocycles. The zero-order chi connectivity index (χ0) is 16.9. The van der Waals surface area contributed by atoms with Crippen LogP contribution in [0.3, 0.4) is 0 Å². The standard InChI is InChI=1S/C17H22FN3O2S.ClH/c1-23-11-12-15-13(18)3-2-4-14(15)24-16(12)17(22)20-7-10-21-8-5-19-6-9-21;/h2-4,19H,5-11H2,1H3,(H,20,22);1H. The molecule has 1 aliphatic rings. The zero-order valence-electron chi connectivity index (χ0n) is 14.1. The number of amides is 1. The Morgan fingerprint density at radius 3 is 2.88 bits per heavy atom. The van der Waals surface area contributed by atoms with Gasteiger partial charge < -0.3 is 15.4 Å². The van der Waals surface area contributed by atoms with E-state index in [4.69, 9.17) is 4.74 Å². The van der Waals surface area contributed by atoms with Crippen LogP contribution in [0.15, 0.2) is 18.2 Å². The van der Waals surface area contributed by atoms with Crippen LogP contribution >= 0.6 is 23.7 Å². The van der Waals surface area contributed by atoms with E-state index >= 15 is 0 Å². The SMILES string of the molecule is COCc1c(C(=O)NCCN2CCNCC2)sc2cccc(F)c12.Cl. The number of thiophene rings is 1. The number of piperazine rings is 1. The highest BCUT2D eigenvalue weighted by Crippen LogP contribution is 2.33. The van der Waals surface area contributed by atoms with Gasteiger partial charge in [0.2, 0.25) is 0 Å². The summed E-state index contributed by atoms with van der Waals surface area (Å²) in [5, 5.41) is 6.76. The molecule has 1 aromatic heterocycles. The third-order valence-electron chi connectivity index (χ3n) is 4.18. The van der Waals surface area contributed by atoms with Gasteiger partial charge in [0.15, 0.2) is 0 Å². The maximum atomic E-state index is 14.1. The lowest BCUT2D eigenvalue weighted by Crippen LogP contribution is -2.46. The number of fused-ring (bicyclic) bond motifs is 1. The first-order valence-corrected chi connectivity index (χ1v) is 8.92. The molecule has 5 nitrogen and oxygen atoms in total. The second-order valence-electron chi connectivity index (χ2n) is 5.80. The molecule has 1 aliphatic heterocycles. The van der Waals surface area contributed by atoms with Gasteiger partial charge in [-0.15, -0.1) is 23.7 Å². The third-order valence-corrected chi connectivity index (χ3v) is 5.38. The average Bonchev–Trinajstić information content (AvgIpc) is 2.96. The minimum atomic E-state index is -0.310. The van der Waals surface area contributed by atoms with Crippen LogP contribution < -0.4 is 10.6 Å². The Morgan fingerprint density at radius 1 is 1.40 bits per heavy atom. The number of hydrogen-bond acceptors (Lipinski definition) is 5. The number of ether oxygens (including phenoxy) is 1. The molecule has 0 spiro atoms. The highest BCUT2D eigenvalue weighted by atomic mass is 35.5. The molecule has 1 fully saturated rings. The fraction of sp³-hybridized carbons (Fsp3) is 0.471. The highest BCUT2D eigenvalue weighted by Gasteiger charge is 2.20. The van der Waals surface area contributed by atoms with Gasteiger partial charge in [0.25, 0.3) is 5.91 Å². The zero-order valence-corrected chi connectivity index (χ0v) is 15.8. The molecule has 0 saturated carbocycles. The van der Waals surface area contributed by atoms with E-state index in [1.165, 1.54) is 17.4 Å². The van der Waals surface area contributed by atoms with Crippen molar-refractivity contribution in [2.24, 2.45) is 0 Å². The van der Waals surface area contributed by atoms with Gasteiger partial charge in [-0.1, -0.05) is 6.07 Å². The number of nitrogens with zero attached hydrogens (tertiary/aromatic N) is 1. The van der Waals surface area contributed by atoms with Crippen LogP contribution in [-0.2, 0) is 11.3 Å². The van der Waals surface area contributed by atoms with E-state index in [0.29, 0.717) is 22.4 Å². The molecule has 8 heteroatoms. The lowest BCUT2D eigenvalue weighted by atomic mass is 10.1. The summed E-state index contributed by atoms with van der Waals surface area (Å²) < 4.78 is 20.1. The lowest BCUT2D eigenvalue weighted by molar-refractivity contribution is 0.0947. The number of nitrogens with one attached hydrogen (secondary N) is 2.